The number of rotatable bonds is 40. The van der Waals surface area contributed by atoms with Crippen LogP contribution < -0.4 is 36.8 Å². The summed E-state index contributed by atoms with van der Waals surface area (Å²) in [4.78, 5) is 138. The fourth-order valence-electron chi connectivity index (χ4n) is 11.4. The monoisotopic (exact) mass is 1300 g/mol. The molecule has 92 heavy (non-hydrogen) atoms. The number of benzene rings is 1. The Morgan fingerprint density at radius 3 is 1.46 bits per heavy atom. The summed E-state index contributed by atoms with van der Waals surface area (Å²) in [6.07, 6.45) is 9.92. The molecule has 13 N–H and O–H groups in total. The standard InChI is InChI=1S/C60H98N16O16/c61-20-11-23-70-30-35-75(36-31-70)59-67-57(63-45-16-14-44(15-17-45)38-46-39-73(42-53(84)85)27-26-71(40-51(80)81)24-25-72(41-52(82)83)32-37-76(46)43-54(86)87)66-58(68-59)74-33-28-69(29-34-74)22-10-6-4-2-1-3-5-7-13-49(77)62-21-9-8-12-47(55(88)89)64-60(92)65-48(56(90)91)18-19-50(78)79/h14-17,46-48H,1-13,18-43,61H2,(H,62,77)(H,78,79)(H,80,81)(H,82,83)(H,84,85)(H,86,87)(H,88,89)(H,90,91)(H2,64,65,92)(H,63,66,67,68). The average molecular weight is 1300 g/mol. The van der Waals surface area contributed by atoms with E-state index in [-0.39, 0.29) is 90.7 Å². The number of carboxylic acids is 7. The van der Waals surface area contributed by atoms with Crippen molar-refractivity contribution in [1.82, 2.24) is 60.3 Å². The molecule has 3 aliphatic rings. The number of carbonyl (C=O) groups excluding carboxylic acids is 2. The molecule has 5 rings (SSSR count). The van der Waals surface area contributed by atoms with E-state index in [1.165, 1.54) is 0 Å². The molecule has 0 aliphatic carbocycles. The van der Waals surface area contributed by atoms with E-state index in [1.807, 2.05) is 24.3 Å². The molecule has 1 aromatic heterocycles. The molecule has 32 heteroatoms. The highest BCUT2D eigenvalue weighted by Gasteiger charge is 2.30. The number of piperazine rings is 2. The second-order valence-electron chi connectivity index (χ2n) is 23.8. The van der Waals surface area contributed by atoms with Crippen LogP contribution in [-0.4, -0.2) is 302 Å². The first kappa shape index (κ1) is 75.1. The maximum Gasteiger partial charge on any atom is 0.326 e. The van der Waals surface area contributed by atoms with Crippen LogP contribution >= 0.6 is 0 Å². The number of anilines is 4. The van der Waals surface area contributed by atoms with Crippen LogP contribution in [-0.2, 0) is 44.8 Å². The fraction of sp³-hybridized carbons (Fsp3) is 0.700. The molecule has 4 heterocycles. The summed E-state index contributed by atoms with van der Waals surface area (Å²) >= 11 is 0. The molecule has 3 amide bonds. The van der Waals surface area contributed by atoms with Gasteiger partial charge in [-0.15, -0.1) is 0 Å². The lowest BCUT2D eigenvalue weighted by molar-refractivity contribution is -0.142. The first-order chi connectivity index (χ1) is 44.1. The Morgan fingerprint density at radius 1 is 0.478 bits per heavy atom. The van der Waals surface area contributed by atoms with Gasteiger partial charge in [-0.05, 0) is 88.7 Å². The molecule has 1 aromatic carbocycles. The van der Waals surface area contributed by atoms with Gasteiger partial charge in [0.15, 0.2) is 0 Å². The third-order valence-corrected chi connectivity index (χ3v) is 16.6. The van der Waals surface area contributed by atoms with E-state index in [2.05, 4.69) is 40.9 Å². The summed E-state index contributed by atoms with van der Waals surface area (Å²) in [6.45, 7) is 9.16. The second kappa shape index (κ2) is 41.1. The summed E-state index contributed by atoms with van der Waals surface area (Å²) in [5, 5.41) is 77.5. The summed E-state index contributed by atoms with van der Waals surface area (Å²) in [6, 6.07) is 3.25. The van der Waals surface area contributed by atoms with Crippen LogP contribution in [0.5, 0.6) is 0 Å². The smallest absolute Gasteiger partial charge is 0.326 e. The normalized spacial score (nSPS) is 17.8. The highest BCUT2D eigenvalue weighted by atomic mass is 16.4. The van der Waals surface area contributed by atoms with Gasteiger partial charge >= 0.3 is 47.8 Å². The Balaban J connectivity index is 1.08. The molecule has 3 aliphatic heterocycles. The zero-order valence-electron chi connectivity index (χ0n) is 52.9. The van der Waals surface area contributed by atoms with E-state index in [0.29, 0.717) is 62.3 Å². The van der Waals surface area contributed by atoms with E-state index in [9.17, 15) is 73.8 Å². The van der Waals surface area contributed by atoms with Crippen molar-refractivity contribution in [3.05, 3.63) is 29.8 Å². The molecule has 3 fully saturated rings. The number of hydrogen-bond donors (Lipinski definition) is 12. The maximum absolute atomic E-state index is 12.4. The lowest BCUT2D eigenvalue weighted by Crippen LogP contribution is -2.53. The minimum absolute atomic E-state index is 0.0474. The molecule has 0 radical (unpaired) electrons. The summed E-state index contributed by atoms with van der Waals surface area (Å²) < 4.78 is 0. The number of unbranched alkanes of at least 4 members (excludes halogenated alkanes) is 8. The Morgan fingerprint density at radius 2 is 0.946 bits per heavy atom. The second-order valence-corrected chi connectivity index (χ2v) is 23.8. The van der Waals surface area contributed by atoms with Gasteiger partial charge in [0.25, 0.3) is 0 Å². The van der Waals surface area contributed by atoms with E-state index in [4.69, 9.17) is 25.8 Å². The Kier molecular flexibility index (Phi) is 33.5. The van der Waals surface area contributed by atoms with Gasteiger partial charge in [-0.2, -0.15) is 15.0 Å². The number of aliphatic carboxylic acids is 7. The largest absolute Gasteiger partial charge is 0.481 e. The number of nitrogens with one attached hydrogen (secondary N) is 4. The van der Waals surface area contributed by atoms with Crippen LogP contribution in [0.2, 0.25) is 0 Å². The maximum atomic E-state index is 12.4. The molecule has 0 saturated carbocycles. The highest BCUT2D eigenvalue weighted by Crippen LogP contribution is 2.24. The van der Waals surface area contributed by atoms with Gasteiger partial charge < -0.3 is 72.5 Å². The summed E-state index contributed by atoms with van der Waals surface area (Å²) in [5.74, 6) is -6.85. The number of carboxylic acid groups (broad SMARTS) is 7. The van der Waals surface area contributed by atoms with Crippen molar-refractivity contribution in [2.75, 3.05) is 166 Å². The number of hydrogen-bond acceptors (Lipinski definition) is 22. The number of aromatic nitrogens is 3. The number of carbonyl (C=O) groups is 9. The molecule has 32 nitrogen and oxygen atoms in total. The lowest BCUT2D eigenvalue weighted by atomic mass is 10.0. The van der Waals surface area contributed by atoms with Gasteiger partial charge in [-0.3, -0.25) is 58.2 Å². The average Bonchev–Trinajstić information content (AvgIpc) is 1.44. The third-order valence-electron chi connectivity index (χ3n) is 16.6. The Hall–Kier alpha value is -7.62. The number of nitrogens with zero attached hydrogens (tertiary/aromatic N) is 11. The van der Waals surface area contributed by atoms with Gasteiger partial charge in [0.05, 0.1) is 26.2 Å². The van der Waals surface area contributed by atoms with Crippen molar-refractivity contribution in [1.29, 1.82) is 0 Å². The van der Waals surface area contributed by atoms with Crippen molar-refractivity contribution in [2.24, 2.45) is 5.73 Å². The zero-order valence-corrected chi connectivity index (χ0v) is 52.9. The molecule has 3 atom stereocenters. The zero-order chi connectivity index (χ0) is 66.8. The van der Waals surface area contributed by atoms with Crippen molar-refractivity contribution in [3.63, 3.8) is 0 Å². The van der Waals surface area contributed by atoms with Crippen molar-refractivity contribution >= 4 is 77.3 Å². The molecule has 0 bridgehead atoms. The predicted octanol–water partition coefficient (Wildman–Crippen LogP) is 0.547. The van der Waals surface area contributed by atoms with E-state index < -0.39 is 72.4 Å². The van der Waals surface area contributed by atoms with E-state index in [1.54, 1.807) is 19.6 Å². The first-order valence-electron chi connectivity index (χ1n) is 32.2. The molecule has 514 valence electrons. The van der Waals surface area contributed by atoms with Crippen molar-refractivity contribution in [3.8, 4) is 0 Å². The van der Waals surface area contributed by atoms with Crippen LogP contribution in [0.25, 0.3) is 0 Å². The summed E-state index contributed by atoms with van der Waals surface area (Å²) in [5.41, 5.74) is 7.35. The molecule has 3 saturated heterocycles. The number of urea groups is 1. The van der Waals surface area contributed by atoms with Crippen LogP contribution in [0, 0.1) is 0 Å². The third kappa shape index (κ3) is 29.8. The highest BCUT2D eigenvalue weighted by molar-refractivity contribution is 5.86. The van der Waals surface area contributed by atoms with Crippen LogP contribution in [0.3, 0.4) is 0 Å². The molecular weight excluding hydrogens is 1200 g/mol. The van der Waals surface area contributed by atoms with Gasteiger partial charge in [-0.25, -0.2) is 14.4 Å². The van der Waals surface area contributed by atoms with Crippen LogP contribution in [0.15, 0.2) is 24.3 Å². The molecule has 2 aromatic rings. The van der Waals surface area contributed by atoms with Gasteiger partial charge in [0.1, 0.15) is 12.1 Å². The quantitative estimate of drug-likeness (QED) is 0.0405. The van der Waals surface area contributed by atoms with Gasteiger partial charge in [0.2, 0.25) is 23.8 Å². The fourth-order valence-corrected chi connectivity index (χ4v) is 11.4. The van der Waals surface area contributed by atoms with Gasteiger partial charge in [-0.1, -0.05) is 50.7 Å². The summed E-state index contributed by atoms with van der Waals surface area (Å²) in [7, 11) is 0. The lowest BCUT2D eigenvalue weighted by Gasteiger charge is -2.37. The van der Waals surface area contributed by atoms with Crippen molar-refractivity contribution in [2.45, 2.75) is 121 Å². The topological polar surface area (TPSA) is 434 Å². The molecular formula is C60H98N16O16. The van der Waals surface area contributed by atoms with Crippen LogP contribution in [0.4, 0.5) is 28.3 Å². The van der Waals surface area contributed by atoms with Gasteiger partial charge in [0, 0.05) is 129 Å². The number of amides is 3. The minimum Gasteiger partial charge on any atom is -0.481 e. The van der Waals surface area contributed by atoms with Crippen molar-refractivity contribution < 1.29 is 78.9 Å². The van der Waals surface area contributed by atoms with E-state index >= 15 is 0 Å². The Labute approximate surface area is 536 Å². The Bertz CT molecular complexity index is 2650. The molecule has 3 unspecified atom stereocenters. The van der Waals surface area contributed by atoms with Crippen LogP contribution in [0.1, 0.15) is 102 Å². The first-order valence-corrected chi connectivity index (χ1v) is 32.2. The minimum atomic E-state index is -1.49. The van der Waals surface area contributed by atoms with E-state index in [0.717, 1.165) is 129 Å². The number of nitrogens with two attached hydrogens (primary N) is 1. The predicted molar refractivity (Wildman–Crippen MR) is 339 cm³/mol. The molecule has 0 spiro atoms. The SMILES string of the molecule is NCCCN1CCN(c2nc(Nc3ccc(CC4CN(CC(=O)O)CCN(CC(=O)O)CCN(CC(=O)O)CCN4CC(=O)O)cc3)nc(N3CCN(CCCCCCCCCCC(=O)NCCCCC(NC(=O)NC(CCC(=O)O)C(=O)O)C(=O)O)CC3)n2)CC1.